The SMILES string of the molecule is CCNC(=O)CCc1cn(C)c2ccccc12. The molecule has 0 aliphatic rings. The highest BCUT2D eigenvalue weighted by Crippen LogP contribution is 2.21. The van der Waals surface area contributed by atoms with Gasteiger partial charge in [-0.15, -0.1) is 0 Å². The number of nitrogens with one attached hydrogen (secondary N) is 1. The van der Waals surface area contributed by atoms with E-state index in [1.54, 1.807) is 0 Å². The molecule has 0 aliphatic carbocycles. The first-order chi connectivity index (χ1) is 8.22. The van der Waals surface area contributed by atoms with Crippen molar-refractivity contribution in [3.05, 3.63) is 36.0 Å². The number of para-hydroxylation sites is 1. The van der Waals surface area contributed by atoms with Gasteiger partial charge in [0, 0.05) is 37.1 Å². The van der Waals surface area contributed by atoms with Crippen LogP contribution in [0.1, 0.15) is 18.9 Å². The molecule has 1 heterocycles. The first-order valence-electron chi connectivity index (χ1n) is 6.02. The summed E-state index contributed by atoms with van der Waals surface area (Å²) in [5, 5.41) is 4.07. The van der Waals surface area contributed by atoms with Crippen molar-refractivity contribution in [1.82, 2.24) is 9.88 Å². The van der Waals surface area contributed by atoms with Crippen LogP contribution in [0.5, 0.6) is 0 Å². The zero-order chi connectivity index (χ0) is 12.3. The fraction of sp³-hybridized carbons (Fsp3) is 0.357. The van der Waals surface area contributed by atoms with Gasteiger partial charge in [0.15, 0.2) is 0 Å². The molecule has 3 nitrogen and oxygen atoms in total. The Morgan fingerprint density at radius 1 is 1.35 bits per heavy atom. The van der Waals surface area contributed by atoms with Crippen molar-refractivity contribution < 1.29 is 4.79 Å². The van der Waals surface area contributed by atoms with Gasteiger partial charge in [0.2, 0.25) is 5.91 Å². The molecule has 0 atom stereocenters. The molecular formula is C14H18N2O. The second-order valence-corrected chi connectivity index (χ2v) is 4.24. The molecule has 17 heavy (non-hydrogen) atoms. The van der Waals surface area contributed by atoms with Gasteiger partial charge in [0.1, 0.15) is 0 Å². The van der Waals surface area contributed by atoms with Crippen LogP contribution in [0.15, 0.2) is 30.5 Å². The topological polar surface area (TPSA) is 34.0 Å². The summed E-state index contributed by atoms with van der Waals surface area (Å²) in [6.07, 6.45) is 3.47. The van der Waals surface area contributed by atoms with Crippen LogP contribution in [-0.2, 0) is 18.3 Å². The summed E-state index contributed by atoms with van der Waals surface area (Å²) in [6.45, 7) is 2.64. The molecule has 1 N–H and O–H groups in total. The van der Waals surface area contributed by atoms with Crippen molar-refractivity contribution in [2.75, 3.05) is 6.54 Å². The van der Waals surface area contributed by atoms with Gasteiger partial charge in [-0.25, -0.2) is 0 Å². The van der Waals surface area contributed by atoms with Gasteiger partial charge in [-0.3, -0.25) is 4.79 Å². The zero-order valence-corrected chi connectivity index (χ0v) is 10.4. The van der Waals surface area contributed by atoms with Crippen molar-refractivity contribution in [3.63, 3.8) is 0 Å². The number of carbonyl (C=O) groups excluding carboxylic acids is 1. The van der Waals surface area contributed by atoms with E-state index in [1.165, 1.54) is 16.5 Å². The van der Waals surface area contributed by atoms with Crippen LogP contribution in [0, 0.1) is 0 Å². The first-order valence-corrected chi connectivity index (χ1v) is 6.02. The molecule has 2 aromatic rings. The summed E-state index contributed by atoms with van der Waals surface area (Å²) < 4.78 is 2.11. The Balaban J connectivity index is 2.16. The fourth-order valence-corrected chi connectivity index (χ4v) is 2.16. The molecule has 0 aliphatic heterocycles. The second-order valence-electron chi connectivity index (χ2n) is 4.24. The lowest BCUT2D eigenvalue weighted by Gasteiger charge is -2.01. The van der Waals surface area contributed by atoms with Gasteiger partial charge in [0.05, 0.1) is 0 Å². The molecule has 1 amide bonds. The number of aromatic nitrogens is 1. The Labute approximate surface area is 101 Å². The third-order valence-corrected chi connectivity index (χ3v) is 2.97. The summed E-state index contributed by atoms with van der Waals surface area (Å²) in [5.74, 6) is 0.125. The van der Waals surface area contributed by atoms with Crippen molar-refractivity contribution in [2.45, 2.75) is 19.8 Å². The van der Waals surface area contributed by atoms with E-state index in [0.29, 0.717) is 13.0 Å². The summed E-state index contributed by atoms with van der Waals surface area (Å²) in [5.41, 5.74) is 2.47. The molecule has 0 bridgehead atoms. The Morgan fingerprint density at radius 3 is 2.88 bits per heavy atom. The van der Waals surface area contributed by atoms with Crippen LogP contribution in [0.3, 0.4) is 0 Å². The minimum absolute atomic E-state index is 0.125. The number of nitrogens with zero attached hydrogens (tertiary/aromatic N) is 1. The second kappa shape index (κ2) is 5.04. The lowest BCUT2D eigenvalue weighted by Crippen LogP contribution is -2.22. The van der Waals surface area contributed by atoms with E-state index >= 15 is 0 Å². The molecule has 3 heteroatoms. The maximum absolute atomic E-state index is 11.4. The fourth-order valence-electron chi connectivity index (χ4n) is 2.16. The molecule has 2 rings (SSSR count). The van der Waals surface area contributed by atoms with Crippen LogP contribution in [0.2, 0.25) is 0 Å². The predicted octanol–water partition coefficient (Wildman–Crippen LogP) is 2.25. The molecule has 0 spiro atoms. The highest BCUT2D eigenvalue weighted by molar-refractivity contribution is 5.84. The average molecular weight is 230 g/mol. The quantitative estimate of drug-likeness (QED) is 0.858. The monoisotopic (exact) mass is 230 g/mol. The van der Waals surface area contributed by atoms with Gasteiger partial charge in [-0.1, -0.05) is 18.2 Å². The maximum Gasteiger partial charge on any atom is 0.220 e. The van der Waals surface area contributed by atoms with E-state index in [2.05, 4.69) is 28.2 Å². The number of aryl methyl sites for hydroxylation is 2. The highest BCUT2D eigenvalue weighted by atomic mass is 16.1. The van der Waals surface area contributed by atoms with E-state index in [1.807, 2.05) is 26.1 Å². The molecule has 90 valence electrons. The highest BCUT2D eigenvalue weighted by Gasteiger charge is 2.07. The third kappa shape index (κ3) is 2.49. The standard InChI is InChI=1S/C14H18N2O/c1-3-15-14(17)9-8-11-10-16(2)13-7-5-4-6-12(11)13/h4-7,10H,3,8-9H2,1-2H3,(H,15,17). The lowest BCUT2D eigenvalue weighted by molar-refractivity contribution is -0.120. The molecule has 1 aromatic carbocycles. The molecule has 1 aromatic heterocycles. The number of fused-ring (bicyclic) bond motifs is 1. The normalized spacial score (nSPS) is 10.7. The van der Waals surface area contributed by atoms with Gasteiger partial charge < -0.3 is 9.88 Å². The summed E-state index contributed by atoms with van der Waals surface area (Å²) in [7, 11) is 2.04. The Morgan fingerprint density at radius 2 is 2.12 bits per heavy atom. The number of rotatable bonds is 4. The minimum Gasteiger partial charge on any atom is -0.356 e. The van der Waals surface area contributed by atoms with Crippen LogP contribution in [-0.4, -0.2) is 17.0 Å². The number of carbonyl (C=O) groups is 1. The lowest BCUT2D eigenvalue weighted by atomic mass is 10.1. The van der Waals surface area contributed by atoms with E-state index < -0.39 is 0 Å². The van der Waals surface area contributed by atoms with Gasteiger partial charge in [0.25, 0.3) is 0 Å². The maximum atomic E-state index is 11.4. The first kappa shape index (κ1) is 11.7. The minimum atomic E-state index is 0.125. The third-order valence-electron chi connectivity index (χ3n) is 2.97. The predicted molar refractivity (Wildman–Crippen MR) is 69.9 cm³/mol. The molecule has 0 saturated carbocycles. The molecule has 0 radical (unpaired) electrons. The molecule has 0 fully saturated rings. The summed E-state index contributed by atoms with van der Waals surface area (Å²) >= 11 is 0. The van der Waals surface area contributed by atoms with Gasteiger partial charge >= 0.3 is 0 Å². The van der Waals surface area contributed by atoms with Crippen molar-refractivity contribution in [3.8, 4) is 0 Å². The Kier molecular flexibility index (Phi) is 3.47. The van der Waals surface area contributed by atoms with Gasteiger partial charge in [-0.2, -0.15) is 0 Å². The Bertz CT molecular complexity index is 528. The molecule has 0 saturated heterocycles. The van der Waals surface area contributed by atoms with Crippen LogP contribution in [0.4, 0.5) is 0 Å². The molecule has 0 unspecified atom stereocenters. The zero-order valence-electron chi connectivity index (χ0n) is 10.4. The van der Waals surface area contributed by atoms with E-state index in [4.69, 9.17) is 0 Å². The number of hydrogen-bond donors (Lipinski definition) is 1. The van der Waals surface area contributed by atoms with Crippen LogP contribution in [0.25, 0.3) is 10.9 Å². The molecular weight excluding hydrogens is 212 g/mol. The van der Waals surface area contributed by atoms with Crippen LogP contribution < -0.4 is 5.32 Å². The summed E-state index contributed by atoms with van der Waals surface area (Å²) in [4.78, 5) is 11.4. The average Bonchev–Trinajstić information content (AvgIpc) is 2.65. The van der Waals surface area contributed by atoms with E-state index in [0.717, 1.165) is 6.42 Å². The van der Waals surface area contributed by atoms with Crippen molar-refractivity contribution >= 4 is 16.8 Å². The smallest absolute Gasteiger partial charge is 0.220 e. The van der Waals surface area contributed by atoms with E-state index in [-0.39, 0.29) is 5.91 Å². The van der Waals surface area contributed by atoms with Gasteiger partial charge in [-0.05, 0) is 25.0 Å². The number of amides is 1. The van der Waals surface area contributed by atoms with Crippen molar-refractivity contribution in [2.24, 2.45) is 7.05 Å². The van der Waals surface area contributed by atoms with Crippen molar-refractivity contribution in [1.29, 1.82) is 0 Å². The number of hydrogen-bond acceptors (Lipinski definition) is 1. The van der Waals surface area contributed by atoms with E-state index in [9.17, 15) is 4.79 Å². The van der Waals surface area contributed by atoms with Crippen LogP contribution >= 0.6 is 0 Å². The number of benzene rings is 1. The Hall–Kier alpha value is -1.77. The summed E-state index contributed by atoms with van der Waals surface area (Å²) in [6, 6.07) is 8.29. The largest absolute Gasteiger partial charge is 0.356 e.